The van der Waals surface area contributed by atoms with E-state index in [-0.39, 0.29) is 0 Å². The Labute approximate surface area is 109 Å². The normalized spacial score (nSPS) is 10.3. The number of hydrogen-bond acceptors (Lipinski definition) is 3. The van der Waals surface area contributed by atoms with E-state index in [2.05, 4.69) is 20.9 Å². The van der Waals surface area contributed by atoms with Gasteiger partial charge in [0, 0.05) is 6.54 Å². The fourth-order valence-corrected chi connectivity index (χ4v) is 1.98. The van der Waals surface area contributed by atoms with Crippen LogP contribution in [0.2, 0.25) is 0 Å². The lowest BCUT2D eigenvalue weighted by atomic mass is 10.2. The van der Waals surface area contributed by atoms with E-state index in [1.807, 2.05) is 37.3 Å². The lowest BCUT2D eigenvalue weighted by Gasteiger charge is -2.08. The van der Waals surface area contributed by atoms with Crippen LogP contribution in [0, 0.1) is 6.92 Å². The van der Waals surface area contributed by atoms with E-state index in [9.17, 15) is 0 Å². The molecule has 1 aromatic heterocycles. The molecule has 0 saturated heterocycles. The van der Waals surface area contributed by atoms with Crippen LogP contribution in [0.5, 0.6) is 11.5 Å². The Morgan fingerprint density at radius 2 is 2.12 bits per heavy atom. The number of nitrogens with two attached hydrogens (primary N) is 1. The molecule has 0 saturated carbocycles. The monoisotopic (exact) mass is 292 g/mol. The van der Waals surface area contributed by atoms with Gasteiger partial charge in [0.05, 0.1) is 16.4 Å². The summed E-state index contributed by atoms with van der Waals surface area (Å²) < 4.78 is 6.64. The number of hydrogen-bond donors (Lipinski definition) is 1. The van der Waals surface area contributed by atoms with Gasteiger partial charge >= 0.3 is 0 Å². The molecule has 0 spiro atoms. The number of aryl methyl sites for hydroxylation is 1. The van der Waals surface area contributed by atoms with Crippen LogP contribution in [-0.4, -0.2) is 4.98 Å². The van der Waals surface area contributed by atoms with Crippen molar-refractivity contribution in [3.63, 3.8) is 0 Å². The molecule has 17 heavy (non-hydrogen) atoms. The molecule has 0 aliphatic heterocycles. The Kier molecular flexibility index (Phi) is 3.76. The van der Waals surface area contributed by atoms with Gasteiger partial charge in [0.2, 0.25) is 0 Å². The highest BCUT2D eigenvalue weighted by Gasteiger charge is 2.03. The molecule has 88 valence electrons. The highest BCUT2D eigenvalue weighted by molar-refractivity contribution is 9.10. The smallest absolute Gasteiger partial charge is 0.145 e. The Balaban J connectivity index is 2.19. The first kappa shape index (κ1) is 12.1. The number of pyridine rings is 1. The average Bonchev–Trinajstić information content (AvgIpc) is 2.34. The third-order valence-corrected chi connectivity index (χ3v) is 2.94. The maximum Gasteiger partial charge on any atom is 0.145 e. The Hall–Kier alpha value is -1.39. The highest BCUT2D eigenvalue weighted by Crippen LogP contribution is 2.29. The zero-order valence-electron chi connectivity index (χ0n) is 9.48. The Morgan fingerprint density at radius 1 is 1.29 bits per heavy atom. The van der Waals surface area contributed by atoms with Crippen molar-refractivity contribution in [2.24, 2.45) is 5.73 Å². The van der Waals surface area contributed by atoms with Crippen molar-refractivity contribution in [1.29, 1.82) is 0 Å². The van der Waals surface area contributed by atoms with Crippen LogP contribution in [-0.2, 0) is 6.54 Å². The van der Waals surface area contributed by atoms with Crippen LogP contribution in [0.4, 0.5) is 0 Å². The molecule has 0 unspecified atom stereocenters. The number of rotatable bonds is 3. The summed E-state index contributed by atoms with van der Waals surface area (Å²) in [4.78, 5) is 4.18. The lowest BCUT2D eigenvalue weighted by molar-refractivity contribution is 0.476. The van der Waals surface area contributed by atoms with Crippen molar-refractivity contribution < 1.29 is 4.74 Å². The van der Waals surface area contributed by atoms with Gasteiger partial charge in [0.25, 0.3) is 0 Å². The molecular formula is C13H13BrN2O. The van der Waals surface area contributed by atoms with Crippen LogP contribution < -0.4 is 10.5 Å². The molecular weight excluding hydrogens is 280 g/mol. The number of nitrogens with zero attached hydrogens (tertiary/aromatic N) is 1. The van der Waals surface area contributed by atoms with Gasteiger partial charge in [-0.2, -0.15) is 0 Å². The average molecular weight is 293 g/mol. The lowest BCUT2D eigenvalue weighted by Crippen LogP contribution is -1.98. The first-order chi connectivity index (χ1) is 8.19. The minimum atomic E-state index is 0.439. The third kappa shape index (κ3) is 3.05. The molecule has 2 rings (SSSR count). The van der Waals surface area contributed by atoms with Gasteiger partial charge in [-0.15, -0.1) is 0 Å². The maximum absolute atomic E-state index is 5.71. The summed E-state index contributed by atoms with van der Waals surface area (Å²) in [5, 5.41) is 0. The fraction of sp³-hybridized carbons (Fsp3) is 0.154. The fourth-order valence-electron chi connectivity index (χ4n) is 1.41. The Bertz CT molecular complexity index is 511. The van der Waals surface area contributed by atoms with Crippen molar-refractivity contribution in [1.82, 2.24) is 4.98 Å². The molecule has 0 bridgehead atoms. The van der Waals surface area contributed by atoms with E-state index in [4.69, 9.17) is 10.5 Å². The van der Waals surface area contributed by atoms with E-state index >= 15 is 0 Å². The summed E-state index contributed by atoms with van der Waals surface area (Å²) in [6.45, 7) is 2.47. The van der Waals surface area contributed by atoms with E-state index < -0.39 is 0 Å². The zero-order chi connectivity index (χ0) is 12.3. The zero-order valence-corrected chi connectivity index (χ0v) is 11.1. The molecule has 0 aliphatic rings. The topological polar surface area (TPSA) is 48.1 Å². The Morgan fingerprint density at radius 3 is 2.71 bits per heavy atom. The summed E-state index contributed by atoms with van der Waals surface area (Å²) >= 11 is 3.47. The van der Waals surface area contributed by atoms with Gasteiger partial charge in [-0.1, -0.05) is 6.07 Å². The van der Waals surface area contributed by atoms with Gasteiger partial charge < -0.3 is 10.5 Å². The predicted octanol–water partition coefficient (Wildman–Crippen LogP) is 3.40. The first-order valence-electron chi connectivity index (χ1n) is 5.28. The van der Waals surface area contributed by atoms with Gasteiger partial charge in [-0.05, 0) is 52.7 Å². The second-order valence-electron chi connectivity index (χ2n) is 3.73. The largest absolute Gasteiger partial charge is 0.455 e. The molecule has 0 atom stereocenters. The van der Waals surface area contributed by atoms with Gasteiger partial charge in [0.1, 0.15) is 11.5 Å². The van der Waals surface area contributed by atoms with E-state index in [0.717, 1.165) is 15.9 Å². The predicted molar refractivity (Wildman–Crippen MR) is 71.1 cm³/mol. The molecule has 1 aromatic carbocycles. The molecule has 4 heteroatoms. The minimum absolute atomic E-state index is 0.439. The van der Waals surface area contributed by atoms with Crippen molar-refractivity contribution in [2.75, 3.05) is 0 Å². The van der Waals surface area contributed by atoms with Crippen LogP contribution in [0.3, 0.4) is 0 Å². The molecule has 2 N–H and O–H groups in total. The van der Waals surface area contributed by atoms with E-state index in [0.29, 0.717) is 12.3 Å². The van der Waals surface area contributed by atoms with Crippen LogP contribution in [0.1, 0.15) is 11.3 Å². The minimum Gasteiger partial charge on any atom is -0.455 e. The van der Waals surface area contributed by atoms with Gasteiger partial charge in [-0.25, -0.2) is 0 Å². The third-order valence-electron chi connectivity index (χ3n) is 2.32. The van der Waals surface area contributed by atoms with Crippen molar-refractivity contribution in [3.8, 4) is 11.5 Å². The second kappa shape index (κ2) is 5.29. The molecule has 3 nitrogen and oxygen atoms in total. The van der Waals surface area contributed by atoms with Crippen molar-refractivity contribution >= 4 is 15.9 Å². The summed E-state index contributed by atoms with van der Waals surface area (Å²) in [6, 6.07) is 9.66. The van der Waals surface area contributed by atoms with E-state index in [1.165, 1.54) is 5.56 Å². The molecule has 0 radical (unpaired) electrons. The van der Waals surface area contributed by atoms with E-state index in [1.54, 1.807) is 6.20 Å². The number of aromatic nitrogens is 1. The van der Waals surface area contributed by atoms with Crippen LogP contribution in [0.25, 0.3) is 0 Å². The van der Waals surface area contributed by atoms with Crippen LogP contribution in [0.15, 0.2) is 41.0 Å². The van der Waals surface area contributed by atoms with Crippen molar-refractivity contribution in [3.05, 3.63) is 52.3 Å². The standard InChI is InChI=1S/C13H13BrN2O/c1-9-2-5-13(12(14)6-9)17-11-4-3-10(7-15)16-8-11/h2-6,8H,7,15H2,1H3. The molecule has 0 amide bonds. The molecule has 0 fully saturated rings. The molecule has 0 aliphatic carbocycles. The van der Waals surface area contributed by atoms with Crippen LogP contribution >= 0.6 is 15.9 Å². The summed E-state index contributed by atoms with van der Waals surface area (Å²) in [7, 11) is 0. The molecule has 1 heterocycles. The SMILES string of the molecule is Cc1ccc(Oc2ccc(CN)nc2)c(Br)c1. The quantitative estimate of drug-likeness (QED) is 0.943. The molecule has 2 aromatic rings. The van der Waals surface area contributed by atoms with Crippen molar-refractivity contribution in [2.45, 2.75) is 13.5 Å². The number of halogens is 1. The summed E-state index contributed by atoms with van der Waals surface area (Å²) in [6.07, 6.45) is 1.68. The summed E-state index contributed by atoms with van der Waals surface area (Å²) in [5.74, 6) is 1.48. The van der Waals surface area contributed by atoms with Gasteiger partial charge in [-0.3, -0.25) is 4.98 Å². The van der Waals surface area contributed by atoms with Gasteiger partial charge in [0.15, 0.2) is 0 Å². The second-order valence-corrected chi connectivity index (χ2v) is 4.58. The maximum atomic E-state index is 5.71. The number of ether oxygens (including phenoxy) is 1. The first-order valence-corrected chi connectivity index (χ1v) is 6.07. The highest BCUT2D eigenvalue weighted by atomic mass is 79.9. The summed E-state index contributed by atoms with van der Waals surface area (Å²) in [5.41, 5.74) is 7.51. The number of benzene rings is 1.